The maximum absolute atomic E-state index is 12.5. The standard InChI is InChI=1S/C18H20N2O/c21-18(19-16-10-5-2-6-11-16)17-12-7-13-20(17)14-15-8-3-1-4-9-15/h1-6,8-11,17H,7,12-14H2,(H,19,21). The van der Waals surface area contributed by atoms with E-state index >= 15 is 0 Å². The van der Waals surface area contributed by atoms with Gasteiger partial charge < -0.3 is 5.32 Å². The normalized spacial score (nSPS) is 18.6. The smallest absolute Gasteiger partial charge is 0.241 e. The molecule has 1 saturated heterocycles. The molecule has 21 heavy (non-hydrogen) atoms. The van der Waals surface area contributed by atoms with Gasteiger partial charge >= 0.3 is 0 Å². The van der Waals surface area contributed by atoms with Gasteiger partial charge in [0.15, 0.2) is 0 Å². The minimum Gasteiger partial charge on any atom is -0.325 e. The lowest BCUT2D eigenvalue weighted by molar-refractivity contribution is -0.120. The molecule has 1 heterocycles. The summed E-state index contributed by atoms with van der Waals surface area (Å²) in [5.74, 6) is 0.106. The van der Waals surface area contributed by atoms with Crippen LogP contribution in [-0.2, 0) is 11.3 Å². The van der Waals surface area contributed by atoms with Crippen molar-refractivity contribution in [3.8, 4) is 0 Å². The Kier molecular flexibility index (Phi) is 4.31. The van der Waals surface area contributed by atoms with Crippen molar-refractivity contribution in [2.24, 2.45) is 0 Å². The van der Waals surface area contributed by atoms with Gasteiger partial charge in [0.25, 0.3) is 0 Å². The van der Waals surface area contributed by atoms with Gasteiger partial charge in [-0.25, -0.2) is 0 Å². The number of anilines is 1. The molecule has 0 radical (unpaired) electrons. The van der Waals surface area contributed by atoms with Crippen molar-refractivity contribution in [2.45, 2.75) is 25.4 Å². The highest BCUT2D eigenvalue weighted by Gasteiger charge is 2.30. The Balaban J connectivity index is 1.65. The summed E-state index contributed by atoms with van der Waals surface area (Å²) in [6.07, 6.45) is 2.02. The molecule has 1 atom stereocenters. The largest absolute Gasteiger partial charge is 0.325 e. The molecule has 2 aromatic carbocycles. The van der Waals surface area contributed by atoms with Gasteiger partial charge in [-0.3, -0.25) is 9.69 Å². The van der Waals surface area contributed by atoms with Gasteiger partial charge in [0, 0.05) is 12.2 Å². The highest BCUT2D eigenvalue weighted by atomic mass is 16.2. The van der Waals surface area contributed by atoms with Crippen LogP contribution in [0.3, 0.4) is 0 Å². The summed E-state index contributed by atoms with van der Waals surface area (Å²) < 4.78 is 0. The van der Waals surface area contributed by atoms with Crippen LogP contribution < -0.4 is 5.32 Å². The van der Waals surface area contributed by atoms with Gasteiger partial charge in [-0.1, -0.05) is 48.5 Å². The minimum absolute atomic E-state index is 0.0228. The van der Waals surface area contributed by atoms with Gasteiger partial charge in [-0.2, -0.15) is 0 Å². The van der Waals surface area contributed by atoms with Crippen molar-refractivity contribution < 1.29 is 4.79 Å². The Labute approximate surface area is 125 Å². The number of nitrogens with zero attached hydrogens (tertiary/aromatic N) is 1. The Morgan fingerprint density at radius 1 is 1.05 bits per heavy atom. The zero-order chi connectivity index (χ0) is 14.5. The van der Waals surface area contributed by atoms with Crippen molar-refractivity contribution >= 4 is 11.6 Å². The number of para-hydroxylation sites is 1. The molecule has 1 aliphatic rings. The first-order chi connectivity index (χ1) is 10.3. The molecule has 1 unspecified atom stereocenters. The Bertz CT molecular complexity index is 583. The Hall–Kier alpha value is -2.13. The van der Waals surface area contributed by atoms with E-state index in [1.165, 1.54) is 5.56 Å². The van der Waals surface area contributed by atoms with Crippen LogP contribution in [0.1, 0.15) is 18.4 Å². The number of carbonyl (C=O) groups excluding carboxylic acids is 1. The monoisotopic (exact) mass is 280 g/mol. The molecule has 0 spiro atoms. The molecule has 3 rings (SSSR count). The lowest BCUT2D eigenvalue weighted by Gasteiger charge is -2.23. The van der Waals surface area contributed by atoms with E-state index in [9.17, 15) is 4.79 Å². The molecule has 0 aromatic heterocycles. The summed E-state index contributed by atoms with van der Waals surface area (Å²) in [5, 5.41) is 3.02. The highest BCUT2D eigenvalue weighted by molar-refractivity contribution is 5.94. The summed E-state index contributed by atoms with van der Waals surface area (Å²) in [6, 6.07) is 20.0. The van der Waals surface area contributed by atoms with Gasteiger partial charge in [-0.05, 0) is 37.1 Å². The van der Waals surface area contributed by atoms with E-state index in [-0.39, 0.29) is 11.9 Å². The average Bonchev–Trinajstić information content (AvgIpc) is 2.97. The molecular weight excluding hydrogens is 260 g/mol. The quantitative estimate of drug-likeness (QED) is 0.932. The average molecular weight is 280 g/mol. The van der Waals surface area contributed by atoms with Crippen LogP contribution >= 0.6 is 0 Å². The summed E-state index contributed by atoms with van der Waals surface area (Å²) in [6.45, 7) is 1.83. The van der Waals surface area contributed by atoms with Crippen LogP contribution in [0, 0.1) is 0 Å². The first-order valence-corrected chi connectivity index (χ1v) is 7.47. The van der Waals surface area contributed by atoms with Crippen molar-refractivity contribution in [1.29, 1.82) is 0 Å². The lowest BCUT2D eigenvalue weighted by atomic mass is 10.1. The summed E-state index contributed by atoms with van der Waals surface area (Å²) in [7, 11) is 0. The van der Waals surface area contributed by atoms with Crippen molar-refractivity contribution in [3.63, 3.8) is 0 Å². The number of benzene rings is 2. The molecule has 2 aromatic rings. The minimum atomic E-state index is -0.0228. The van der Waals surface area contributed by atoms with Crippen LogP contribution in [0.25, 0.3) is 0 Å². The lowest BCUT2D eigenvalue weighted by Crippen LogP contribution is -2.39. The van der Waals surface area contributed by atoms with E-state index in [0.29, 0.717) is 0 Å². The molecule has 0 saturated carbocycles. The Morgan fingerprint density at radius 3 is 2.43 bits per heavy atom. The topological polar surface area (TPSA) is 32.3 Å². The van der Waals surface area contributed by atoms with Gasteiger partial charge in [0.1, 0.15) is 0 Å². The van der Waals surface area contributed by atoms with E-state index in [1.807, 2.05) is 48.5 Å². The molecule has 1 N–H and O–H groups in total. The van der Waals surface area contributed by atoms with Crippen LogP contribution in [0.5, 0.6) is 0 Å². The summed E-state index contributed by atoms with van der Waals surface area (Å²) in [5.41, 5.74) is 2.13. The second-order valence-corrected chi connectivity index (χ2v) is 5.47. The molecule has 1 fully saturated rings. The van der Waals surface area contributed by atoms with Crippen LogP contribution in [0.15, 0.2) is 60.7 Å². The maximum atomic E-state index is 12.5. The molecule has 1 amide bonds. The molecule has 1 aliphatic heterocycles. The maximum Gasteiger partial charge on any atom is 0.241 e. The number of rotatable bonds is 4. The van der Waals surface area contributed by atoms with E-state index in [4.69, 9.17) is 0 Å². The fourth-order valence-electron chi connectivity index (χ4n) is 2.88. The fourth-order valence-corrected chi connectivity index (χ4v) is 2.88. The fraction of sp³-hybridized carbons (Fsp3) is 0.278. The number of amides is 1. The third-order valence-corrected chi connectivity index (χ3v) is 3.94. The van der Waals surface area contributed by atoms with E-state index in [2.05, 4.69) is 22.3 Å². The molecule has 3 nitrogen and oxygen atoms in total. The zero-order valence-electron chi connectivity index (χ0n) is 12.0. The van der Waals surface area contributed by atoms with E-state index in [1.54, 1.807) is 0 Å². The number of hydrogen-bond donors (Lipinski definition) is 1. The van der Waals surface area contributed by atoms with Crippen LogP contribution in [0.2, 0.25) is 0 Å². The van der Waals surface area contributed by atoms with Crippen molar-refractivity contribution in [1.82, 2.24) is 4.90 Å². The van der Waals surface area contributed by atoms with E-state index in [0.717, 1.165) is 31.6 Å². The van der Waals surface area contributed by atoms with Crippen LogP contribution in [-0.4, -0.2) is 23.4 Å². The number of hydrogen-bond acceptors (Lipinski definition) is 2. The molecule has 108 valence electrons. The summed E-state index contributed by atoms with van der Waals surface area (Å²) in [4.78, 5) is 14.7. The molecule has 0 bridgehead atoms. The first-order valence-electron chi connectivity index (χ1n) is 7.47. The number of likely N-dealkylation sites (tertiary alicyclic amines) is 1. The van der Waals surface area contributed by atoms with E-state index < -0.39 is 0 Å². The van der Waals surface area contributed by atoms with Gasteiger partial charge in [0.05, 0.1) is 6.04 Å². The van der Waals surface area contributed by atoms with Crippen molar-refractivity contribution in [2.75, 3.05) is 11.9 Å². The predicted octanol–water partition coefficient (Wildman–Crippen LogP) is 3.29. The molecular formula is C18H20N2O. The predicted molar refractivity (Wildman–Crippen MR) is 84.9 cm³/mol. The third kappa shape index (κ3) is 3.50. The highest BCUT2D eigenvalue weighted by Crippen LogP contribution is 2.21. The second-order valence-electron chi connectivity index (χ2n) is 5.47. The molecule has 3 heteroatoms. The first kappa shape index (κ1) is 13.8. The number of carbonyl (C=O) groups is 1. The van der Waals surface area contributed by atoms with Gasteiger partial charge in [-0.15, -0.1) is 0 Å². The zero-order valence-corrected chi connectivity index (χ0v) is 12.0. The van der Waals surface area contributed by atoms with Crippen LogP contribution in [0.4, 0.5) is 5.69 Å². The number of nitrogens with one attached hydrogen (secondary N) is 1. The second kappa shape index (κ2) is 6.55. The third-order valence-electron chi connectivity index (χ3n) is 3.94. The molecule has 0 aliphatic carbocycles. The van der Waals surface area contributed by atoms with Gasteiger partial charge in [0.2, 0.25) is 5.91 Å². The Morgan fingerprint density at radius 2 is 1.71 bits per heavy atom. The summed E-state index contributed by atoms with van der Waals surface area (Å²) >= 11 is 0. The van der Waals surface area contributed by atoms with Crippen molar-refractivity contribution in [3.05, 3.63) is 66.2 Å². The SMILES string of the molecule is O=C(Nc1ccccc1)C1CCCN1Cc1ccccc1.